The van der Waals surface area contributed by atoms with E-state index in [1.54, 1.807) is 0 Å². The lowest BCUT2D eigenvalue weighted by Crippen LogP contribution is -2.42. The lowest BCUT2D eigenvalue weighted by Gasteiger charge is -2.30. The summed E-state index contributed by atoms with van der Waals surface area (Å²) in [7, 11) is 4.19. The number of hydrogen-bond acceptors (Lipinski definition) is 5. The van der Waals surface area contributed by atoms with Crippen LogP contribution in [0.3, 0.4) is 0 Å². The van der Waals surface area contributed by atoms with E-state index in [0.717, 1.165) is 45.7 Å². The minimum Gasteiger partial charge on any atom is -0.475 e. The number of rotatable bonds is 5. The molecule has 2 saturated heterocycles. The fourth-order valence-corrected chi connectivity index (χ4v) is 4.21. The Bertz CT molecular complexity index is 552. The topological polar surface area (TPSA) is 79.3 Å². The molecule has 1 amide bonds. The third-order valence-electron chi connectivity index (χ3n) is 5.49. The summed E-state index contributed by atoms with van der Waals surface area (Å²) in [5.74, 6) is -2.11. The lowest BCUT2D eigenvalue weighted by atomic mass is 9.81. The molecule has 0 spiro atoms. The highest BCUT2D eigenvalue weighted by molar-refractivity contribution is 5.78. The number of carboxylic acids is 1. The third kappa shape index (κ3) is 6.05. The Morgan fingerprint density at radius 1 is 1.29 bits per heavy atom. The summed E-state index contributed by atoms with van der Waals surface area (Å²) in [6.45, 7) is 4.48. The fourth-order valence-electron chi connectivity index (χ4n) is 4.21. The van der Waals surface area contributed by atoms with E-state index >= 15 is 0 Å². The molecule has 2 aliphatic heterocycles. The van der Waals surface area contributed by atoms with Crippen molar-refractivity contribution in [1.29, 1.82) is 0 Å². The molecular weight excluding hydrogens is 381 g/mol. The molecule has 3 rings (SSSR count). The standard InChI is InChI=1S/C16H28N2O3.C2HF3O2/c1-17(2)10-16-11-18(7-13(16)8-20-12-16)15(19)9-21-14-5-3-4-6-14;3-2(4,5)1(6)7/h13-14H,3-12H2,1-2H3;(H,6,7)/t13-,16+;/m1./s1. The van der Waals surface area contributed by atoms with E-state index < -0.39 is 12.1 Å². The Balaban J connectivity index is 0.000000345. The summed E-state index contributed by atoms with van der Waals surface area (Å²) in [6.07, 6.45) is -0.0417. The van der Waals surface area contributed by atoms with Crippen LogP contribution in [0.2, 0.25) is 0 Å². The molecule has 0 aromatic heterocycles. The maximum Gasteiger partial charge on any atom is 0.490 e. The first-order chi connectivity index (χ1) is 13.0. The van der Waals surface area contributed by atoms with Crippen molar-refractivity contribution in [3.63, 3.8) is 0 Å². The van der Waals surface area contributed by atoms with Crippen LogP contribution >= 0.6 is 0 Å². The summed E-state index contributed by atoms with van der Waals surface area (Å²) >= 11 is 0. The van der Waals surface area contributed by atoms with Gasteiger partial charge in [-0.05, 0) is 26.9 Å². The number of alkyl halides is 3. The van der Waals surface area contributed by atoms with E-state index in [0.29, 0.717) is 12.0 Å². The molecule has 28 heavy (non-hydrogen) atoms. The summed E-state index contributed by atoms with van der Waals surface area (Å²) in [5.41, 5.74) is 0.131. The van der Waals surface area contributed by atoms with Gasteiger partial charge in [0.1, 0.15) is 6.61 Å². The maximum atomic E-state index is 12.4. The molecule has 1 aliphatic carbocycles. The van der Waals surface area contributed by atoms with Gasteiger partial charge in [-0.25, -0.2) is 4.79 Å². The van der Waals surface area contributed by atoms with Crippen molar-refractivity contribution in [2.75, 3.05) is 53.6 Å². The van der Waals surface area contributed by atoms with Gasteiger partial charge in [0.2, 0.25) is 5.91 Å². The third-order valence-corrected chi connectivity index (χ3v) is 5.49. The molecule has 3 aliphatic rings. The summed E-state index contributed by atoms with van der Waals surface area (Å²) in [5, 5.41) is 7.12. The van der Waals surface area contributed by atoms with Crippen LogP contribution < -0.4 is 0 Å². The number of nitrogens with zero attached hydrogens (tertiary/aromatic N) is 2. The summed E-state index contributed by atoms with van der Waals surface area (Å²) < 4.78 is 43.2. The van der Waals surface area contributed by atoms with Crippen LogP contribution in [0.4, 0.5) is 13.2 Å². The molecule has 0 bridgehead atoms. The molecule has 0 aromatic carbocycles. The van der Waals surface area contributed by atoms with E-state index in [2.05, 4.69) is 19.0 Å². The molecule has 2 atom stereocenters. The van der Waals surface area contributed by atoms with Gasteiger partial charge in [0, 0.05) is 31.0 Å². The number of carboxylic acid groups (broad SMARTS) is 1. The van der Waals surface area contributed by atoms with Gasteiger partial charge in [-0.2, -0.15) is 13.2 Å². The monoisotopic (exact) mass is 410 g/mol. The first-order valence-corrected chi connectivity index (χ1v) is 9.45. The largest absolute Gasteiger partial charge is 0.490 e. The number of likely N-dealkylation sites (tertiary alicyclic amines) is 1. The predicted molar refractivity (Wildman–Crippen MR) is 93.8 cm³/mol. The Kier molecular flexibility index (Phi) is 7.69. The number of carbonyl (C=O) groups excluding carboxylic acids is 1. The zero-order valence-electron chi connectivity index (χ0n) is 16.3. The van der Waals surface area contributed by atoms with Crippen LogP contribution in [0.15, 0.2) is 0 Å². The van der Waals surface area contributed by atoms with E-state index in [9.17, 15) is 18.0 Å². The van der Waals surface area contributed by atoms with Crippen molar-refractivity contribution in [1.82, 2.24) is 9.80 Å². The average Bonchev–Trinajstić information content (AvgIpc) is 3.26. The molecule has 0 radical (unpaired) electrons. The van der Waals surface area contributed by atoms with Gasteiger partial charge in [-0.15, -0.1) is 0 Å². The molecular formula is C18H29F3N2O5. The second kappa shape index (κ2) is 9.41. The van der Waals surface area contributed by atoms with E-state index in [1.165, 1.54) is 12.8 Å². The minimum absolute atomic E-state index is 0.131. The fraction of sp³-hybridized carbons (Fsp3) is 0.889. The molecule has 3 fully saturated rings. The number of fused-ring (bicyclic) bond motifs is 1. The second-order valence-corrected chi connectivity index (χ2v) is 8.11. The van der Waals surface area contributed by atoms with E-state index in [-0.39, 0.29) is 17.9 Å². The predicted octanol–water partition coefficient (Wildman–Crippen LogP) is 1.62. The van der Waals surface area contributed by atoms with E-state index in [4.69, 9.17) is 19.4 Å². The molecule has 1 saturated carbocycles. The summed E-state index contributed by atoms with van der Waals surface area (Å²) in [6, 6.07) is 0. The average molecular weight is 410 g/mol. The highest BCUT2D eigenvalue weighted by Gasteiger charge is 2.51. The van der Waals surface area contributed by atoms with Gasteiger partial charge >= 0.3 is 12.1 Å². The molecule has 2 heterocycles. The van der Waals surface area contributed by atoms with Crippen LogP contribution in [0, 0.1) is 11.3 Å². The van der Waals surface area contributed by atoms with Crippen molar-refractivity contribution in [3.8, 4) is 0 Å². The highest BCUT2D eigenvalue weighted by Crippen LogP contribution is 2.41. The SMILES string of the molecule is CN(C)C[C@]12COC[C@H]1CN(C(=O)COC1CCCC1)C2.O=C(O)C(F)(F)F. The van der Waals surface area contributed by atoms with Crippen molar-refractivity contribution in [3.05, 3.63) is 0 Å². The first kappa shape index (κ1) is 22.9. The zero-order chi connectivity index (χ0) is 20.9. The van der Waals surface area contributed by atoms with Gasteiger partial charge in [0.05, 0.1) is 19.3 Å². The lowest BCUT2D eigenvalue weighted by molar-refractivity contribution is -0.192. The van der Waals surface area contributed by atoms with E-state index in [1.807, 2.05) is 4.90 Å². The number of hydrogen-bond donors (Lipinski definition) is 1. The number of ether oxygens (including phenoxy) is 2. The molecule has 7 nitrogen and oxygen atoms in total. The van der Waals surface area contributed by atoms with Crippen molar-refractivity contribution in [2.45, 2.75) is 38.0 Å². The molecule has 0 aromatic rings. The maximum absolute atomic E-state index is 12.4. The molecule has 10 heteroatoms. The molecule has 0 unspecified atom stereocenters. The van der Waals surface area contributed by atoms with Crippen LogP contribution in [0.25, 0.3) is 0 Å². The normalized spacial score (nSPS) is 27.6. The number of aliphatic carboxylic acids is 1. The van der Waals surface area contributed by atoms with Crippen LogP contribution in [-0.4, -0.2) is 92.6 Å². The number of carbonyl (C=O) groups is 2. The zero-order valence-corrected chi connectivity index (χ0v) is 16.3. The Hall–Kier alpha value is -1.39. The van der Waals surface area contributed by atoms with Gasteiger partial charge in [-0.1, -0.05) is 12.8 Å². The van der Waals surface area contributed by atoms with Crippen molar-refractivity contribution < 1.29 is 37.3 Å². The second-order valence-electron chi connectivity index (χ2n) is 8.11. The Morgan fingerprint density at radius 3 is 2.43 bits per heavy atom. The van der Waals surface area contributed by atoms with Crippen LogP contribution in [-0.2, 0) is 19.1 Å². The first-order valence-electron chi connectivity index (χ1n) is 9.45. The van der Waals surface area contributed by atoms with Gasteiger partial charge in [0.15, 0.2) is 0 Å². The Labute approximate surface area is 162 Å². The smallest absolute Gasteiger partial charge is 0.475 e. The van der Waals surface area contributed by atoms with Gasteiger partial charge < -0.3 is 24.4 Å². The van der Waals surface area contributed by atoms with Crippen LogP contribution in [0.1, 0.15) is 25.7 Å². The minimum atomic E-state index is -5.08. The molecule has 1 N–H and O–H groups in total. The van der Waals surface area contributed by atoms with Crippen LogP contribution in [0.5, 0.6) is 0 Å². The Morgan fingerprint density at radius 2 is 1.89 bits per heavy atom. The van der Waals surface area contributed by atoms with Crippen molar-refractivity contribution in [2.24, 2.45) is 11.3 Å². The highest BCUT2D eigenvalue weighted by atomic mass is 19.4. The van der Waals surface area contributed by atoms with Crippen molar-refractivity contribution >= 4 is 11.9 Å². The summed E-state index contributed by atoms with van der Waals surface area (Å²) in [4.78, 5) is 25.5. The van der Waals surface area contributed by atoms with Gasteiger partial charge in [0.25, 0.3) is 0 Å². The molecule has 162 valence electrons. The van der Waals surface area contributed by atoms with Gasteiger partial charge in [-0.3, -0.25) is 4.79 Å². The quantitative estimate of drug-likeness (QED) is 0.742. The number of halogens is 3. The number of amides is 1.